The fourth-order valence-electron chi connectivity index (χ4n) is 3.08. The maximum atomic E-state index is 12.8. The number of furan rings is 1. The van der Waals surface area contributed by atoms with Crippen LogP contribution in [0.5, 0.6) is 0 Å². The Morgan fingerprint density at radius 2 is 1.68 bits per heavy atom. The van der Waals surface area contributed by atoms with E-state index in [1.54, 1.807) is 36.4 Å². The molecular weight excluding hydrogens is 402 g/mol. The Morgan fingerprint density at radius 1 is 0.968 bits per heavy atom. The van der Waals surface area contributed by atoms with Gasteiger partial charge in [0, 0.05) is 17.7 Å². The van der Waals surface area contributed by atoms with Gasteiger partial charge in [0.2, 0.25) is 0 Å². The first-order valence-electron chi connectivity index (χ1n) is 9.20. The second-order valence-electron chi connectivity index (χ2n) is 6.70. The predicted molar refractivity (Wildman–Crippen MR) is 109 cm³/mol. The number of non-ortho nitro benzene ring substituents is 1. The van der Waals surface area contributed by atoms with Crippen LogP contribution in [0, 0.1) is 10.1 Å². The van der Waals surface area contributed by atoms with E-state index in [0.29, 0.717) is 11.3 Å². The SMILES string of the molecule is O=C1NC(=O)N(Cc2ccccc2)C(=O)C1=Cc1ccc(-c2ccc([N+](=O)[O-])cc2)o1. The second-order valence-corrected chi connectivity index (χ2v) is 6.70. The lowest BCUT2D eigenvalue weighted by Gasteiger charge is -2.26. The first-order valence-corrected chi connectivity index (χ1v) is 9.20. The van der Waals surface area contributed by atoms with Crippen molar-refractivity contribution in [3.8, 4) is 11.3 Å². The summed E-state index contributed by atoms with van der Waals surface area (Å²) in [5.74, 6) is -0.915. The zero-order valence-electron chi connectivity index (χ0n) is 16.0. The molecule has 4 rings (SSSR count). The third-order valence-electron chi connectivity index (χ3n) is 4.65. The van der Waals surface area contributed by atoms with Gasteiger partial charge in [0.15, 0.2) is 0 Å². The topological polar surface area (TPSA) is 123 Å². The molecule has 1 saturated heterocycles. The quantitative estimate of drug-likeness (QED) is 0.293. The van der Waals surface area contributed by atoms with E-state index in [1.807, 2.05) is 6.07 Å². The molecule has 4 amide bonds. The van der Waals surface area contributed by atoms with E-state index in [4.69, 9.17) is 4.42 Å². The predicted octanol–water partition coefficient (Wildman–Crippen LogP) is 3.52. The average molecular weight is 417 g/mol. The first kappa shape index (κ1) is 19.8. The van der Waals surface area contributed by atoms with E-state index in [0.717, 1.165) is 10.5 Å². The van der Waals surface area contributed by atoms with Crippen molar-refractivity contribution in [2.24, 2.45) is 0 Å². The van der Waals surface area contributed by atoms with Crippen molar-refractivity contribution >= 4 is 29.6 Å². The van der Waals surface area contributed by atoms with Crippen LogP contribution in [-0.2, 0) is 16.1 Å². The zero-order valence-corrected chi connectivity index (χ0v) is 16.0. The van der Waals surface area contributed by atoms with Crippen LogP contribution in [0.3, 0.4) is 0 Å². The minimum atomic E-state index is -0.812. The molecule has 9 heteroatoms. The van der Waals surface area contributed by atoms with Crippen molar-refractivity contribution in [2.45, 2.75) is 6.54 Å². The van der Waals surface area contributed by atoms with E-state index in [1.165, 1.54) is 30.3 Å². The van der Waals surface area contributed by atoms with Gasteiger partial charge >= 0.3 is 6.03 Å². The highest BCUT2D eigenvalue weighted by molar-refractivity contribution is 6.30. The molecule has 0 spiro atoms. The third-order valence-corrected chi connectivity index (χ3v) is 4.65. The van der Waals surface area contributed by atoms with E-state index in [9.17, 15) is 24.5 Å². The number of nitro groups is 1. The summed E-state index contributed by atoms with van der Waals surface area (Å²) in [6.07, 6.45) is 1.26. The van der Waals surface area contributed by atoms with Crippen LogP contribution in [-0.4, -0.2) is 27.7 Å². The maximum absolute atomic E-state index is 12.8. The third kappa shape index (κ3) is 4.10. The van der Waals surface area contributed by atoms with Crippen molar-refractivity contribution in [1.29, 1.82) is 0 Å². The number of urea groups is 1. The molecule has 154 valence electrons. The minimum Gasteiger partial charge on any atom is -0.457 e. The fraction of sp³-hybridized carbons (Fsp3) is 0.0455. The van der Waals surface area contributed by atoms with Gasteiger partial charge in [0.05, 0.1) is 11.5 Å². The van der Waals surface area contributed by atoms with E-state index in [-0.39, 0.29) is 23.6 Å². The number of hydrogen-bond donors (Lipinski definition) is 1. The standard InChI is InChI=1S/C22H15N3O6/c26-20-18(21(27)24(22(28)23-20)13-14-4-2-1-3-5-14)12-17-10-11-19(31-17)15-6-8-16(9-7-15)25(29)30/h1-12H,13H2,(H,23,26,28). The highest BCUT2D eigenvalue weighted by Crippen LogP contribution is 2.26. The molecule has 1 aromatic heterocycles. The Hall–Kier alpha value is -4.53. The Balaban J connectivity index is 1.58. The number of hydrogen-bond acceptors (Lipinski definition) is 6. The number of amides is 4. The van der Waals surface area contributed by atoms with E-state index >= 15 is 0 Å². The summed E-state index contributed by atoms with van der Waals surface area (Å²) in [5, 5.41) is 12.9. The van der Waals surface area contributed by atoms with Crippen LogP contribution < -0.4 is 5.32 Å². The first-order chi connectivity index (χ1) is 14.9. The van der Waals surface area contributed by atoms with Crippen LogP contribution in [0.1, 0.15) is 11.3 Å². The molecule has 0 aliphatic carbocycles. The lowest BCUT2D eigenvalue weighted by Crippen LogP contribution is -2.53. The molecule has 0 atom stereocenters. The smallest absolute Gasteiger partial charge is 0.331 e. The average Bonchev–Trinajstić information content (AvgIpc) is 3.24. The van der Waals surface area contributed by atoms with Crippen molar-refractivity contribution in [2.75, 3.05) is 0 Å². The van der Waals surface area contributed by atoms with Gasteiger partial charge < -0.3 is 4.42 Å². The van der Waals surface area contributed by atoms with Crippen molar-refractivity contribution in [3.05, 3.63) is 93.7 Å². The molecule has 0 unspecified atom stereocenters. The normalized spacial score (nSPS) is 15.3. The summed E-state index contributed by atoms with van der Waals surface area (Å²) in [4.78, 5) is 48.4. The molecule has 0 saturated carbocycles. The second kappa shape index (κ2) is 8.07. The number of benzene rings is 2. The summed E-state index contributed by atoms with van der Waals surface area (Å²) >= 11 is 0. The van der Waals surface area contributed by atoms with E-state index in [2.05, 4.69) is 5.32 Å². The van der Waals surface area contributed by atoms with Gasteiger partial charge in [0.25, 0.3) is 17.5 Å². The van der Waals surface area contributed by atoms with Crippen LogP contribution in [0.2, 0.25) is 0 Å². The number of nitrogens with zero attached hydrogens (tertiary/aromatic N) is 2. The largest absolute Gasteiger partial charge is 0.457 e. The Bertz CT molecular complexity index is 1210. The van der Waals surface area contributed by atoms with Gasteiger partial charge in [-0.05, 0) is 35.9 Å². The number of carbonyl (C=O) groups excluding carboxylic acids is 3. The highest BCUT2D eigenvalue weighted by Gasteiger charge is 2.35. The van der Waals surface area contributed by atoms with Gasteiger partial charge in [-0.2, -0.15) is 0 Å². The highest BCUT2D eigenvalue weighted by atomic mass is 16.6. The van der Waals surface area contributed by atoms with Gasteiger partial charge in [-0.3, -0.25) is 29.9 Å². The number of barbiturate groups is 1. The molecule has 0 radical (unpaired) electrons. The van der Waals surface area contributed by atoms with E-state index < -0.39 is 22.8 Å². The van der Waals surface area contributed by atoms with Gasteiger partial charge in [0.1, 0.15) is 17.1 Å². The Kier molecular flexibility index (Phi) is 5.15. The molecular formula is C22H15N3O6. The molecule has 31 heavy (non-hydrogen) atoms. The number of imide groups is 2. The van der Waals surface area contributed by atoms with Crippen molar-refractivity contribution < 1.29 is 23.7 Å². The number of carbonyl (C=O) groups is 3. The summed E-state index contributed by atoms with van der Waals surface area (Å²) in [5.41, 5.74) is 1.04. The minimum absolute atomic E-state index is 0.0162. The molecule has 1 N–H and O–H groups in total. The number of nitro benzene ring substituents is 1. The maximum Gasteiger partial charge on any atom is 0.331 e. The van der Waals surface area contributed by atoms with Gasteiger partial charge in [-0.15, -0.1) is 0 Å². The Labute approximate surface area is 175 Å². The van der Waals surface area contributed by atoms with Crippen LogP contribution in [0.25, 0.3) is 17.4 Å². The van der Waals surface area contributed by atoms with Crippen molar-refractivity contribution in [3.63, 3.8) is 0 Å². The molecule has 1 fully saturated rings. The van der Waals surface area contributed by atoms with Crippen LogP contribution in [0.15, 0.2) is 76.7 Å². The summed E-state index contributed by atoms with van der Waals surface area (Å²) in [7, 11) is 0. The van der Waals surface area contributed by atoms with Crippen LogP contribution in [0.4, 0.5) is 10.5 Å². The van der Waals surface area contributed by atoms with Gasteiger partial charge in [-0.25, -0.2) is 4.79 Å². The molecule has 9 nitrogen and oxygen atoms in total. The molecule has 2 aromatic carbocycles. The Morgan fingerprint density at radius 3 is 2.35 bits per heavy atom. The summed E-state index contributed by atoms with van der Waals surface area (Å²) in [6, 6.07) is 17.1. The van der Waals surface area contributed by atoms with Crippen LogP contribution >= 0.6 is 0 Å². The van der Waals surface area contributed by atoms with Gasteiger partial charge in [-0.1, -0.05) is 30.3 Å². The molecule has 1 aliphatic heterocycles. The van der Waals surface area contributed by atoms with Crippen molar-refractivity contribution in [1.82, 2.24) is 10.2 Å². The monoisotopic (exact) mass is 417 g/mol. The summed E-state index contributed by atoms with van der Waals surface area (Å²) < 4.78 is 5.67. The molecule has 3 aromatic rings. The summed E-state index contributed by atoms with van der Waals surface area (Å²) in [6.45, 7) is 0.0162. The molecule has 2 heterocycles. The lowest BCUT2D eigenvalue weighted by atomic mass is 10.1. The fourth-order valence-corrected chi connectivity index (χ4v) is 3.08. The lowest BCUT2D eigenvalue weighted by molar-refractivity contribution is -0.384. The number of rotatable bonds is 5. The molecule has 0 bridgehead atoms. The number of nitrogens with one attached hydrogen (secondary N) is 1. The molecule has 1 aliphatic rings. The zero-order chi connectivity index (χ0) is 22.0.